The molecule has 6 rings (SSSR count). The normalized spacial score (nSPS) is 20.6. The van der Waals surface area contributed by atoms with Gasteiger partial charge in [0, 0.05) is 50.5 Å². The summed E-state index contributed by atoms with van der Waals surface area (Å²) in [4.78, 5) is 40.8. The summed E-state index contributed by atoms with van der Waals surface area (Å²) in [6.07, 6.45) is 6.77. The molecule has 1 amide bonds. The van der Waals surface area contributed by atoms with Gasteiger partial charge in [0.2, 0.25) is 0 Å². The third-order valence-electron chi connectivity index (χ3n) is 6.77. The van der Waals surface area contributed by atoms with Gasteiger partial charge in [-0.25, -0.2) is 4.98 Å². The minimum absolute atomic E-state index is 0.0253. The Hall–Kier alpha value is -3.26. The first-order valence-electron chi connectivity index (χ1n) is 11.3. The number of carbonyl (C=O) groups excluding carboxylic acids is 1. The van der Waals surface area contributed by atoms with Crippen molar-refractivity contribution in [3.8, 4) is 0 Å². The molecule has 2 N–H and O–H groups in total. The Morgan fingerprint density at radius 3 is 2.69 bits per heavy atom. The molecule has 3 saturated heterocycles. The zero-order valence-electron chi connectivity index (χ0n) is 18.5. The fraction of sp³-hybridized carbons (Fsp3) is 0.417. The first-order valence-corrected chi connectivity index (χ1v) is 11.3. The molecule has 2 bridgehead atoms. The lowest BCUT2D eigenvalue weighted by Crippen LogP contribution is -2.62. The van der Waals surface area contributed by atoms with E-state index < -0.39 is 0 Å². The molecule has 0 aromatic carbocycles. The Bertz CT molecular complexity index is 1210. The number of piperazine rings is 1. The quantitative estimate of drug-likeness (QED) is 0.641. The van der Waals surface area contributed by atoms with Gasteiger partial charge in [0.15, 0.2) is 0 Å². The summed E-state index contributed by atoms with van der Waals surface area (Å²) < 4.78 is 0. The average Bonchev–Trinajstić information content (AvgIpc) is 2.83. The first-order chi connectivity index (χ1) is 15.6. The van der Waals surface area contributed by atoms with Crippen LogP contribution in [0.15, 0.2) is 41.5 Å². The number of nitrogens with one attached hydrogen (secondary N) is 2. The van der Waals surface area contributed by atoms with Crippen LogP contribution in [0.25, 0.3) is 11.0 Å². The van der Waals surface area contributed by atoms with Gasteiger partial charge in [0.1, 0.15) is 5.69 Å². The summed E-state index contributed by atoms with van der Waals surface area (Å²) in [5.74, 6) is -0.167. The number of aromatic amines is 1. The fourth-order valence-corrected chi connectivity index (χ4v) is 4.99. The Kier molecular flexibility index (Phi) is 5.38. The van der Waals surface area contributed by atoms with Crippen LogP contribution in [-0.2, 0) is 13.0 Å². The number of nitrogens with zero attached hydrogens (tertiary/aromatic N) is 4. The maximum Gasteiger partial charge on any atom is 0.269 e. The lowest BCUT2D eigenvalue weighted by Gasteiger charge is -2.52. The number of fused-ring (bicyclic) bond motifs is 4. The lowest BCUT2D eigenvalue weighted by molar-refractivity contribution is 0.0889. The molecule has 166 valence electrons. The molecule has 0 spiro atoms. The predicted octanol–water partition coefficient (Wildman–Crippen LogP) is 2.09. The Morgan fingerprint density at radius 1 is 1.16 bits per heavy atom. The van der Waals surface area contributed by atoms with Crippen LogP contribution in [0.3, 0.4) is 0 Å². The van der Waals surface area contributed by atoms with Crippen molar-refractivity contribution < 1.29 is 4.79 Å². The zero-order chi connectivity index (χ0) is 22.2. The van der Waals surface area contributed by atoms with Crippen molar-refractivity contribution in [3.05, 3.63) is 63.8 Å². The minimum Gasteiger partial charge on any atom is -0.364 e. The van der Waals surface area contributed by atoms with E-state index in [1.807, 2.05) is 31.5 Å². The first kappa shape index (κ1) is 20.6. The highest BCUT2D eigenvalue weighted by atomic mass is 16.1. The number of aromatic nitrogens is 3. The zero-order valence-corrected chi connectivity index (χ0v) is 18.5. The molecule has 2 atom stereocenters. The Balaban J connectivity index is 1.31. The molecule has 6 heterocycles. The summed E-state index contributed by atoms with van der Waals surface area (Å²) in [6.45, 7) is 4.73. The second-order valence-corrected chi connectivity index (χ2v) is 8.70. The van der Waals surface area contributed by atoms with Gasteiger partial charge in [0.25, 0.3) is 11.5 Å². The molecule has 0 aliphatic carbocycles. The van der Waals surface area contributed by atoms with E-state index in [1.165, 1.54) is 6.42 Å². The molecule has 2 unspecified atom stereocenters. The Morgan fingerprint density at radius 2 is 2.00 bits per heavy atom. The number of H-pyrrole nitrogens is 1. The summed E-state index contributed by atoms with van der Waals surface area (Å²) in [7, 11) is 1.61. The summed E-state index contributed by atoms with van der Waals surface area (Å²) in [5.41, 5.74) is 5.01. The van der Waals surface area contributed by atoms with Crippen molar-refractivity contribution in [1.29, 1.82) is 0 Å². The number of amides is 1. The van der Waals surface area contributed by atoms with Gasteiger partial charge < -0.3 is 15.2 Å². The molecular formula is C24H28N6O2. The van der Waals surface area contributed by atoms with Crippen LogP contribution in [-0.4, -0.2) is 58.0 Å². The molecule has 8 nitrogen and oxygen atoms in total. The van der Waals surface area contributed by atoms with E-state index in [0.717, 1.165) is 53.9 Å². The van der Waals surface area contributed by atoms with Crippen molar-refractivity contribution in [1.82, 2.24) is 25.2 Å². The van der Waals surface area contributed by atoms with E-state index in [1.54, 1.807) is 13.1 Å². The maximum atomic E-state index is 12.2. The van der Waals surface area contributed by atoms with Gasteiger partial charge in [0.05, 0.1) is 22.9 Å². The number of rotatable bonds is 5. The van der Waals surface area contributed by atoms with Gasteiger partial charge in [-0.2, -0.15) is 0 Å². The molecule has 3 aliphatic rings. The van der Waals surface area contributed by atoms with Crippen LogP contribution in [0, 0.1) is 0 Å². The number of carbonyl (C=O) groups is 1. The molecule has 3 aromatic rings. The third kappa shape index (κ3) is 3.75. The summed E-state index contributed by atoms with van der Waals surface area (Å²) >= 11 is 0. The van der Waals surface area contributed by atoms with Crippen molar-refractivity contribution >= 4 is 22.6 Å². The highest BCUT2D eigenvalue weighted by Crippen LogP contribution is 2.33. The van der Waals surface area contributed by atoms with E-state index in [4.69, 9.17) is 0 Å². The molecule has 0 radical (unpaired) electrons. The lowest BCUT2D eigenvalue weighted by atomic mass is 9.90. The predicted molar refractivity (Wildman–Crippen MR) is 124 cm³/mol. The average molecular weight is 433 g/mol. The van der Waals surface area contributed by atoms with Crippen molar-refractivity contribution in [2.45, 2.75) is 44.8 Å². The SMILES string of the molecule is CCc1cc2ncc(CN3CC4CCC3CN4c3ccc(C(=O)NC)nc3)cc2[nH]c1=O. The smallest absolute Gasteiger partial charge is 0.269 e. The molecule has 8 heteroatoms. The highest BCUT2D eigenvalue weighted by Gasteiger charge is 2.39. The molecular weight excluding hydrogens is 404 g/mol. The second kappa shape index (κ2) is 8.35. The van der Waals surface area contributed by atoms with E-state index in [-0.39, 0.29) is 11.5 Å². The molecule has 3 aromatic heterocycles. The number of hydrogen-bond donors (Lipinski definition) is 2. The van der Waals surface area contributed by atoms with Gasteiger partial charge in [-0.15, -0.1) is 0 Å². The van der Waals surface area contributed by atoms with Crippen molar-refractivity contribution in [2.24, 2.45) is 0 Å². The number of piperidine rings is 2. The van der Waals surface area contributed by atoms with Crippen LogP contribution in [0.1, 0.15) is 41.4 Å². The molecule has 0 saturated carbocycles. The van der Waals surface area contributed by atoms with Crippen LogP contribution in [0.5, 0.6) is 0 Å². The third-order valence-corrected chi connectivity index (χ3v) is 6.77. The molecule has 32 heavy (non-hydrogen) atoms. The standard InChI is InChI=1S/C24H28N6O2/c1-3-16-9-21-22(28-23(16)31)8-15(10-26-21)12-29-13-19-5-4-18(29)14-30(19)17-6-7-20(27-11-17)24(32)25-2/h6-11,18-19H,3-5,12-14H2,1-2H3,(H,25,32)(H,28,31). The maximum absolute atomic E-state index is 12.2. The number of hydrogen-bond acceptors (Lipinski definition) is 6. The number of aryl methyl sites for hydroxylation is 1. The van der Waals surface area contributed by atoms with Gasteiger partial charge in [-0.05, 0) is 49.1 Å². The van der Waals surface area contributed by atoms with Gasteiger partial charge in [-0.3, -0.25) is 19.5 Å². The van der Waals surface area contributed by atoms with Crippen LogP contribution >= 0.6 is 0 Å². The van der Waals surface area contributed by atoms with Crippen LogP contribution in [0.4, 0.5) is 5.69 Å². The fourth-order valence-electron chi connectivity index (χ4n) is 4.99. The second-order valence-electron chi connectivity index (χ2n) is 8.70. The van der Waals surface area contributed by atoms with Crippen LogP contribution < -0.4 is 15.8 Å². The van der Waals surface area contributed by atoms with E-state index in [9.17, 15) is 9.59 Å². The molecule has 3 fully saturated rings. The van der Waals surface area contributed by atoms with E-state index in [2.05, 4.69) is 36.1 Å². The van der Waals surface area contributed by atoms with E-state index in [0.29, 0.717) is 24.2 Å². The number of pyridine rings is 3. The van der Waals surface area contributed by atoms with Crippen molar-refractivity contribution in [2.75, 3.05) is 25.0 Å². The van der Waals surface area contributed by atoms with E-state index >= 15 is 0 Å². The number of anilines is 1. The Labute approximate surface area is 186 Å². The van der Waals surface area contributed by atoms with Crippen LogP contribution in [0.2, 0.25) is 0 Å². The monoisotopic (exact) mass is 432 g/mol. The minimum atomic E-state index is -0.167. The molecule has 3 aliphatic heterocycles. The van der Waals surface area contributed by atoms with Gasteiger partial charge in [-0.1, -0.05) is 6.92 Å². The summed E-state index contributed by atoms with van der Waals surface area (Å²) in [5, 5.41) is 2.61. The topological polar surface area (TPSA) is 94.2 Å². The highest BCUT2D eigenvalue weighted by molar-refractivity contribution is 5.92. The summed E-state index contributed by atoms with van der Waals surface area (Å²) in [6, 6.07) is 8.62. The van der Waals surface area contributed by atoms with Crippen molar-refractivity contribution in [3.63, 3.8) is 0 Å². The van der Waals surface area contributed by atoms with Gasteiger partial charge >= 0.3 is 0 Å². The largest absolute Gasteiger partial charge is 0.364 e.